The van der Waals surface area contributed by atoms with Crippen molar-refractivity contribution in [3.63, 3.8) is 0 Å². The number of cyclic esters (lactones) is 1. The number of carbonyl (C=O) groups is 4. The second-order valence-corrected chi connectivity index (χ2v) is 8.00. The largest absolute Gasteiger partial charge is 0.481 e. The van der Waals surface area contributed by atoms with Gasteiger partial charge in [-0.05, 0) is 17.5 Å². The second kappa shape index (κ2) is 9.68. The average Bonchev–Trinajstić information content (AvgIpc) is 3.20. The molecule has 0 bridgehead atoms. The van der Waals surface area contributed by atoms with Crippen molar-refractivity contribution in [1.82, 2.24) is 9.80 Å². The van der Waals surface area contributed by atoms with Crippen molar-refractivity contribution in [1.29, 1.82) is 0 Å². The molecule has 0 radical (unpaired) electrons. The Morgan fingerprint density at radius 1 is 1.09 bits per heavy atom. The van der Waals surface area contributed by atoms with Crippen LogP contribution in [0.1, 0.15) is 30.0 Å². The van der Waals surface area contributed by atoms with E-state index < -0.39 is 42.1 Å². The lowest BCUT2D eigenvalue weighted by molar-refractivity contribution is -0.161. The summed E-state index contributed by atoms with van der Waals surface area (Å²) in [5.74, 6) is -1.45. The number of hydrogen-bond donors (Lipinski definition) is 1. The van der Waals surface area contributed by atoms with Gasteiger partial charge in [-0.2, -0.15) is 0 Å². The molecule has 0 saturated carbocycles. The van der Waals surface area contributed by atoms with Crippen LogP contribution < -0.4 is 0 Å². The van der Waals surface area contributed by atoms with Crippen molar-refractivity contribution in [3.8, 4) is 0 Å². The van der Waals surface area contributed by atoms with Crippen molar-refractivity contribution in [2.24, 2.45) is 0 Å². The first-order chi connectivity index (χ1) is 16.0. The van der Waals surface area contributed by atoms with Gasteiger partial charge >= 0.3 is 12.1 Å². The maximum absolute atomic E-state index is 13.3. The van der Waals surface area contributed by atoms with E-state index in [1.165, 1.54) is 9.80 Å². The molecule has 33 heavy (non-hydrogen) atoms. The van der Waals surface area contributed by atoms with Gasteiger partial charge in [-0.15, -0.1) is 0 Å². The van der Waals surface area contributed by atoms with Crippen LogP contribution >= 0.6 is 0 Å². The average molecular weight is 448 g/mol. The number of likely N-dealkylation sites (tertiary alicyclic amines) is 1. The van der Waals surface area contributed by atoms with Crippen molar-refractivity contribution in [3.05, 3.63) is 77.9 Å². The molecule has 170 valence electrons. The maximum atomic E-state index is 13.3. The van der Waals surface area contributed by atoms with E-state index in [9.17, 15) is 19.2 Å². The third-order valence-electron chi connectivity index (χ3n) is 6.00. The Hall–Kier alpha value is -3.94. The highest BCUT2D eigenvalue weighted by atomic mass is 16.6. The van der Waals surface area contributed by atoms with Gasteiger partial charge in [-0.1, -0.05) is 72.8 Å². The molecule has 2 aromatic rings. The number of carboxylic acid groups (broad SMARTS) is 1. The van der Waals surface area contributed by atoms with Crippen LogP contribution in [0, 0.1) is 0 Å². The van der Waals surface area contributed by atoms with Gasteiger partial charge in [0.15, 0.2) is 0 Å². The van der Waals surface area contributed by atoms with E-state index in [1.807, 2.05) is 66.7 Å². The fraction of sp³-hybridized carbons (Fsp3) is 0.280. The van der Waals surface area contributed by atoms with Crippen LogP contribution in [0.5, 0.6) is 0 Å². The summed E-state index contributed by atoms with van der Waals surface area (Å²) in [5, 5.41) is 9.03. The Balaban J connectivity index is 1.66. The van der Waals surface area contributed by atoms with Gasteiger partial charge in [0.05, 0.1) is 18.1 Å². The summed E-state index contributed by atoms with van der Waals surface area (Å²) in [6, 6.07) is 16.0. The molecule has 2 aliphatic rings. The number of β-lactam (4-membered cyclic amide) rings is 1. The van der Waals surface area contributed by atoms with Crippen LogP contribution in [0.4, 0.5) is 4.79 Å². The SMILES string of the molecule is O=C[C@H](CCC(=O)O)N1C(=O)C(N2C(=O)OCC2c2ccccc2)[C@H]1/C=C/c1ccccc1. The molecule has 2 aliphatic heterocycles. The molecule has 1 N–H and O–H groups in total. The molecule has 4 atom stereocenters. The fourth-order valence-electron chi connectivity index (χ4n) is 4.37. The zero-order valence-electron chi connectivity index (χ0n) is 17.8. The van der Waals surface area contributed by atoms with Crippen LogP contribution in [-0.4, -0.2) is 63.9 Å². The summed E-state index contributed by atoms with van der Waals surface area (Å²) in [6.45, 7) is 0.123. The maximum Gasteiger partial charge on any atom is 0.411 e. The lowest BCUT2D eigenvalue weighted by atomic mass is 9.87. The Bertz CT molecular complexity index is 1060. The summed E-state index contributed by atoms with van der Waals surface area (Å²) >= 11 is 0. The Kier molecular flexibility index (Phi) is 6.53. The Morgan fingerprint density at radius 3 is 2.39 bits per heavy atom. The van der Waals surface area contributed by atoms with E-state index in [-0.39, 0.29) is 19.4 Å². The first-order valence-corrected chi connectivity index (χ1v) is 10.7. The molecule has 0 spiro atoms. The lowest BCUT2D eigenvalue weighted by Gasteiger charge is -2.51. The van der Waals surface area contributed by atoms with Crippen LogP contribution in [-0.2, 0) is 19.1 Å². The van der Waals surface area contributed by atoms with Crippen molar-refractivity contribution >= 4 is 30.3 Å². The molecular weight excluding hydrogens is 424 g/mol. The monoisotopic (exact) mass is 448 g/mol. The number of amides is 2. The zero-order valence-corrected chi connectivity index (χ0v) is 17.8. The van der Waals surface area contributed by atoms with E-state index in [2.05, 4.69) is 0 Å². The smallest absolute Gasteiger partial charge is 0.411 e. The Labute approximate surface area is 191 Å². The molecule has 0 aliphatic carbocycles. The van der Waals surface area contributed by atoms with Crippen LogP contribution in [0.3, 0.4) is 0 Å². The number of carbonyl (C=O) groups excluding carboxylic acids is 3. The van der Waals surface area contributed by atoms with Gasteiger partial charge in [0.1, 0.15) is 18.9 Å². The number of carboxylic acids is 1. The van der Waals surface area contributed by atoms with Gasteiger partial charge < -0.3 is 19.5 Å². The normalized spacial score (nSPS) is 23.3. The minimum atomic E-state index is -1.05. The summed E-state index contributed by atoms with van der Waals surface area (Å²) in [6.07, 6.45) is 3.37. The minimum absolute atomic E-state index is 0.000466. The molecule has 2 unspecified atom stereocenters. The van der Waals surface area contributed by atoms with Gasteiger partial charge in [0, 0.05) is 6.42 Å². The molecule has 2 amide bonds. The molecular formula is C25H24N2O6. The topological polar surface area (TPSA) is 104 Å². The molecule has 8 heteroatoms. The quantitative estimate of drug-likeness (QED) is 0.467. The summed E-state index contributed by atoms with van der Waals surface area (Å²) in [7, 11) is 0. The molecule has 4 rings (SSSR count). The van der Waals surface area contributed by atoms with E-state index in [4.69, 9.17) is 9.84 Å². The number of aldehydes is 1. The summed E-state index contributed by atoms with van der Waals surface area (Å²) < 4.78 is 5.29. The molecule has 2 heterocycles. The Morgan fingerprint density at radius 2 is 1.76 bits per heavy atom. The predicted molar refractivity (Wildman–Crippen MR) is 119 cm³/mol. The molecule has 2 fully saturated rings. The highest BCUT2D eigenvalue weighted by molar-refractivity contribution is 5.96. The minimum Gasteiger partial charge on any atom is -0.481 e. The summed E-state index contributed by atoms with van der Waals surface area (Å²) in [5.41, 5.74) is 1.74. The van der Waals surface area contributed by atoms with Gasteiger partial charge in [0.2, 0.25) is 5.91 Å². The third-order valence-corrected chi connectivity index (χ3v) is 6.00. The molecule has 2 aromatic carbocycles. The highest BCUT2D eigenvalue weighted by Crippen LogP contribution is 2.38. The number of benzene rings is 2. The first-order valence-electron chi connectivity index (χ1n) is 10.7. The van der Waals surface area contributed by atoms with Gasteiger partial charge in [-0.3, -0.25) is 14.5 Å². The van der Waals surface area contributed by atoms with E-state index in [0.717, 1.165) is 11.1 Å². The van der Waals surface area contributed by atoms with Crippen LogP contribution in [0.15, 0.2) is 66.7 Å². The van der Waals surface area contributed by atoms with E-state index in [1.54, 1.807) is 6.08 Å². The van der Waals surface area contributed by atoms with Crippen molar-refractivity contribution in [2.45, 2.75) is 37.0 Å². The first kappa shape index (κ1) is 22.3. The zero-order chi connectivity index (χ0) is 23.4. The number of ether oxygens (including phenoxy) is 1. The fourth-order valence-corrected chi connectivity index (χ4v) is 4.37. The predicted octanol–water partition coefficient (Wildman–Crippen LogP) is 2.91. The van der Waals surface area contributed by atoms with Crippen molar-refractivity contribution < 1.29 is 29.0 Å². The molecule has 2 saturated heterocycles. The van der Waals surface area contributed by atoms with E-state index in [0.29, 0.717) is 6.29 Å². The molecule has 8 nitrogen and oxygen atoms in total. The summed E-state index contributed by atoms with van der Waals surface area (Å²) in [4.78, 5) is 51.6. The van der Waals surface area contributed by atoms with Crippen LogP contribution in [0.2, 0.25) is 0 Å². The van der Waals surface area contributed by atoms with Crippen molar-refractivity contribution in [2.75, 3.05) is 6.61 Å². The lowest BCUT2D eigenvalue weighted by Crippen LogP contribution is -2.72. The van der Waals surface area contributed by atoms with E-state index >= 15 is 0 Å². The standard InChI is InChI=1S/C25H24N2O6/c28-15-19(12-14-22(29)30)26-20(13-11-17-7-3-1-4-8-17)23(24(26)31)27-21(16-33-25(27)32)18-9-5-2-6-10-18/h1-11,13,15,19-21,23H,12,14,16H2,(H,29,30)/b13-11+/t19-,20+,21?,23?/m0/s1. The van der Waals surface area contributed by atoms with Crippen LogP contribution in [0.25, 0.3) is 6.08 Å². The number of aliphatic carboxylic acids is 1. The van der Waals surface area contributed by atoms with Gasteiger partial charge in [-0.25, -0.2) is 4.79 Å². The van der Waals surface area contributed by atoms with Gasteiger partial charge in [0.25, 0.3) is 0 Å². The number of hydrogen-bond acceptors (Lipinski definition) is 5. The number of rotatable bonds is 9. The number of nitrogens with zero attached hydrogens (tertiary/aromatic N) is 2. The second-order valence-electron chi connectivity index (χ2n) is 8.00. The molecule has 0 aromatic heterocycles. The highest BCUT2D eigenvalue weighted by Gasteiger charge is 2.56. The third kappa shape index (κ3) is 4.50.